The van der Waals surface area contributed by atoms with Gasteiger partial charge in [-0.15, -0.1) is 0 Å². The molecule has 4 atom stereocenters. The van der Waals surface area contributed by atoms with Crippen LogP contribution in [0.25, 0.3) is 11.2 Å². The van der Waals surface area contributed by atoms with Crippen LogP contribution >= 0.6 is 34.2 Å². The Labute approximate surface area is 161 Å². The molecule has 1 aliphatic heterocycles. The van der Waals surface area contributed by atoms with Gasteiger partial charge in [-0.3, -0.25) is 14.2 Å². The van der Waals surface area contributed by atoms with Crippen LogP contribution in [-0.4, -0.2) is 49.8 Å². The summed E-state index contributed by atoms with van der Waals surface area (Å²) in [4.78, 5) is 35.4. The summed E-state index contributed by atoms with van der Waals surface area (Å²) in [6, 6.07) is 0. The van der Waals surface area contributed by atoms with Gasteiger partial charge in [-0.1, -0.05) is 0 Å². The number of aromatic nitrogens is 4. The Balaban J connectivity index is 2.05. The molecule has 0 bridgehead atoms. The molecule has 3 rings (SSSR count). The van der Waals surface area contributed by atoms with Gasteiger partial charge in [-0.25, -0.2) is 9.97 Å². The lowest BCUT2D eigenvalue weighted by molar-refractivity contribution is -0.165. The van der Waals surface area contributed by atoms with Crippen molar-refractivity contribution >= 4 is 57.3 Å². The minimum atomic E-state index is -0.847. The molecule has 1 aliphatic rings. The van der Waals surface area contributed by atoms with E-state index >= 15 is 0 Å². The number of fused-ring (bicyclic) bond motifs is 1. The highest BCUT2D eigenvalue weighted by molar-refractivity contribution is 14.1. The van der Waals surface area contributed by atoms with E-state index in [1.807, 2.05) is 22.6 Å². The fourth-order valence-corrected chi connectivity index (χ4v) is 3.66. The highest BCUT2D eigenvalue weighted by Gasteiger charge is 2.48. The third-order valence-corrected chi connectivity index (χ3v) is 4.57. The minimum absolute atomic E-state index is 0.0604. The molecular formula is C14H14ClIN4O5. The Morgan fingerprint density at radius 3 is 2.52 bits per heavy atom. The van der Waals surface area contributed by atoms with Crippen LogP contribution < -0.4 is 0 Å². The number of ether oxygens (including phenoxy) is 3. The zero-order chi connectivity index (χ0) is 18.3. The van der Waals surface area contributed by atoms with Gasteiger partial charge in [0.05, 0.1) is 12.4 Å². The Morgan fingerprint density at radius 1 is 1.24 bits per heavy atom. The fraction of sp³-hybridized carbons (Fsp3) is 0.500. The Kier molecular flexibility index (Phi) is 5.11. The van der Waals surface area contributed by atoms with Gasteiger partial charge in [0, 0.05) is 13.8 Å². The van der Waals surface area contributed by atoms with E-state index in [1.54, 1.807) is 11.5 Å². The highest BCUT2D eigenvalue weighted by atomic mass is 127. The molecular weight excluding hydrogens is 467 g/mol. The summed E-state index contributed by atoms with van der Waals surface area (Å²) in [5.41, 5.74) is 0.973. The minimum Gasteiger partial charge on any atom is -0.456 e. The number of esters is 2. The molecule has 11 heteroatoms. The first kappa shape index (κ1) is 18.3. The fourth-order valence-electron chi connectivity index (χ4n) is 2.74. The molecule has 0 radical (unpaired) electrons. The standard InChI is InChI=1S/C14H14ClIN4O5/c1-5-9(24-6(2)21)10(25-7(3)22)13(23-5)20-4-17-8-11(16)18-14(15)19-12(8)20/h4-5,9-10,13H,1-3H3/t5-,9-,10-,13-/m1/s1. The SMILES string of the molecule is CC(=O)O[C@@H]1[C@H](OC(C)=O)[C@@H](C)O[C@H]1n1cnc2c(I)nc(Cl)nc21. The molecule has 0 saturated carbocycles. The van der Waals surface area contributed by atoms with Crippen molar-refractivity contribution in [1.29, 1.82) is 0 Å². The predicted octanol–water partition coefficient (Wildman–Crippen LogP) is 1.86. The van der Waals surface area contributed by atoms with E-state index in [2.05, 4.69) is 15.0 Å². The van der Waals surface area contributed by atoms with E-state index in [4.69, 9.17) is 25.8 Å². The number of nitrogens with zero attached hydrogens (tertiary/aromatic N) is 4. The molecule has 0 aromatic carbocycles. The van der Waals surface area contributed by atoms with Crippen molar-refractivity contribution in [2.45, 2.75) is 45.3 Å². The number of carbonyl (C=O) groups is 2. The monoisotopic (exact) mass is 480 g/mol. The van der Waals surface area contributed by atoms with E-state index in [1.165, 1.54) is 20.2 Å². The van der Waals surface area contributed by atoms with Crippen LogP contribution in [0.4, 0.5) is 0 Å². The van der Waals surface area contributed by atoms with Gasteiger partial charge in [0.2, 0.25) is 5.28 Å². The van der Waals surface area contributed by atoms with E-state index in [9.17, 15) is 9.59 Å². The Hall–Kier alpha value is -1.53. The summed E-state index contributed by atoms with van der Waals surface area (Å²) in [5.74, 6) is -1.01. The van der Waals surface area contributed by atoms with Crippen LogP contribution in [-0.2, 0) is 23.8 Å². The number of imidazole rings is 1. The molecule has 134 valence electrons. The molecule has 0 N–H and O–H groups in total. The van der Waals surface area contributed by atoms with Crippen molar-refractivity contribution in [3.63, 3.8) is 0 Å². The quantitative estimate of drug-likeness (QED) is 0.284. The molecule has 1 saturated heterocycles. The van der Waals surface area contributed by atoms with Crippen molar-refractivity contribution in [2.24, 2.45) is 0 Å². The van der Waals surface area contributed by atoms with Crippen molar-refractivity contribution in [1.82, 2.24) is 19.5 Å². The molecule has 25 heavy (non-hydrogen) atoms. The third-order valence-electron chi connectivity index (χ3n) is 3.65. The summed E-state index contributed by atoms with van der Waals surface area (Å²) in [6.45, 7) is 4.29. The van der Waals surface area contributed by atoms with Gasteiger partial charge in [-0.05, 0) is 41.1 Å². The van der Waals surface area contributed by atoms with Gasteiger partial charge < -0.3 is 14.2 Å². The number of rotatable bonds is 3. The molecule has 2 aromatic heterocycles. The van der Waals surface area contributed by atoms with E-state index in [0.717, 1.165) is 0 Å². The van der Waals surface area contributed by atoms with Crippen molar-refractivity contribution < 1.29 is 23.8 Å². The van der Waals surface area contributed by atoms with Gasteiger partial charge in [0.25, 0.3) is 0 Å². The van der Waals surface area contributed by atoms with Gasteiger partial charge in [-0.2, -0.15) is 4.98 Å². The summed E-state index contributed by atoms with van der Waals surface area (Å²) in [7, 11) is 0. The van der Waals surface area contributed by atoms with E-state index in [-0.39, 0.29) is 5.28 Å². The second-order valence-electron chi connectivity index (χ2n) is 5.49. The van der Waals surface area contributed by atoms with Crippen molar-refractivity contribution in [3.8, 4) is 0 Å². The van der Waals surface area contributed by atoms with Gasteiger partial charge in [0.15, 0.2) is 24.1 Å². The summed E-state index contributed by atoms with van der Waals surface area (Å²) < 4.78 is 18.7. The molecule has 3 heterocycles. The molecule has 1 fully saturated rings. The smallest absolute Gasteiger partial charge is 0.303 e. The summed E-state index contributed by atoms with van der Waals surface area (Å²) in [6.07, 6.45) is -1.36. The van der Waals surface area contributed by atoms with Crippen LogP contribution in [0.5, 0.6) is 0 Å². The van der Waals surface area contributed by atoms with Crippen LogP contribution in [0, 0.1) is 3.70 Å². The van der Waals surface area contributed by atoms with E-state index < -0.39 is 36.5 Å². The molecule has 0 unspecified atom stereocenters. The molecule has 2 aromatic rings. The van der Waals surface area contributed by atoms with Gasteiger partial charge in [0.1, 0.15) is 9.22 Å². The first-order chi connectivity index (χ1) is 11.8. The van der Waals surface area contributed by atoms with Crippen LogP contribution in [0.15, 0.2) is 6.33 Å². The maximum atomic E-state index is 11.5. The lowest BCUT2D eigenvalue weighted by Crippen LogP contribution is -2.38. The first-order valence-electron chi connectivity index (χ1n) is 7.33. The zero-order valence-corrected chi connectivity index (χ0v) is 16.4. The summed E-state index contributed by atoms with van der Waals surface area (Å²) >= 11 is 7.95. The maximum absolute atomic E-state index is 11.5. The number of halogens is 2. The maximum Gasteiger partial charge on any atom is 0.303 e. The average Bonchev–Trinajstić information content (AvgIpc) is 3.02. The average molecular weight is 481 g/mol. The third kappa shape index (κ3) is 3.55. The van der Waals surface area contributed by atoms with Gasteiger partial charge >= 0.3 is 11.9 Å². The molecule has 0 spiro atoms. The normalized spacial score (nSPS) is 26.0. The molecule has 0 aliphatic carbocycles. The highest BCUT2D eigenvalue weighted by Crippen LogP contribution is 2.35. The zero-order valence-electron chi connectivity index (χ0n) is 13.5. The van der Waals surface area contributed by atoms with Crippen LogP contribution in [0.3, 0.4) is 0 Å². The molecule has 9 nitrogen and oxygen atoms in total. The number of carbonyl (C=O) groups excluding carboxylic acids is 2. The Morgan fingerprint density at radius 2 is 1.88 bits per heavy atom. The largest absolute Gasteiger partial charge is 0.456 e. The second kappa shape index (κ2) is 7.00. The summed E-state index contributed by atoms with van der Waals surface area (Å²) in [5, 5.41) is 0.0604. The topological polar surface area (TPSA) is 105 Å². The van der Waals surface area contributed by atoms with E-state index in [0.29, 0.717) is 14.9 Å². The molecule has 0 amide bonds. The lowest BCUT2D eigenvalue weighted by atomic mass is 10.1. The Bertz CT molecular complexity index is 844. The first-order valence-corrected chi connectivity index (χ1v) is 8.79. The lowest BCUT2D eigenvalue weighted by Gasteiger charge is -2.23. The van der Waals surface area contributed by atoms with Crippen LogP contribution in [0.1, 0.15) is 27.0 Å². The van der Waals surface area contributed by atoms with Crippen LogP contribution in [0.2, 0.25) is 5.28 Å². The second-order valence-corrected chi connectivity index (χ2v) is 6.85. The number of hydrogen-bond donors (Lipinski definition) is 0. The number of hydrogen-bond acceptors (Lipinski definition) is 8. The predicted molar refractivity (Wildman–Crippen MR) is 93.7 cm³/mol. The van der Waals surface area contributed by atoms with Crippen molar-refractivity contribution in [2.75, 3.05) is 0 Å². The van der Waals surface area contributed by atoms with Crippen molar-refractivity contribution in [3.05, 3.63) is 15.3 Å².